The number of aliphatic hydroxyl groups excluding tert-OH is 1. The van der Waals surface area contributed by atoms with E-state index in [9.17, 15) is 9.90 Å². The van der Waals surface area contributed by atoms with Crippen LogP contribution in [0, 0.1) is 6.92 Å². The number of ether oxygens (including phenoxy) is 2. The molecule has 6 heteroatoms. The number of nitrogen functional groups attached to an aromatic ring is 1. The van der Waals surface area contributed by atoms with Crippen LogP contribution in [0.15, 0.2) is 30.3 Å². The number of carbonyl (C=O) groups is 1. The van der Waals surface area contributed by atoms with Gasteiger partial charge in [0.15, 0.2) is 0 Å². The van der Waals surface area contributed by atoms with Crippen molar-refractivity contribution >= 4 is 17.3 Å². The quantitative estimate of drug-likeness (QED) is 0.709. The largest absolute Gasteiger partial charge is 0.473 e. The molecule has 2 aliphatic heterocycles. The Morgan fingerprint density at radius 1 is 1.25 bits per heavy atom. The molecule has 0 bridgehead atoms. The number of nitrogens with one attached hydrogen (secondary N) is 1. The van der Waals surface area contributed by atoms with Crippen molar-refractivity contribution in [3.8, 4) is 16.9 Å². The minimum atomic E-state index is -1.29. The van der Waals surface area contributed by atoms with Gasteiger partial charge in [-0.1, -0.05) is 6.07 Å². The summed E-state index contributed by atoms with van der Waals surface area (Å²) in [7, 11) is 0. The second-order valence-corrected chi connectivity index (χ2v) is 7.85. The number of carbonyl (C=O) groups excluding carboxylic acids is 1. The third-order valence-corrected chi connectivity index (χ3v) is 5.71. The van der Waals surface area contributed by atoms with Crippen LogP contribution in [-0.2, 0) is 9.53 Å². The summed E-state index contributed by atoms with van der Waals surface area (Å²) < 4.78 is 11.6. The predicted octanol–water partition coefficient (Wildman–Crippen LogP) is 3.22. The first-order chi connectivity index (χ1) is 13.4. The predicted molar refractivity (Wildman–Crippen MR) is 109 cm³/mol. The number of hydrogen-bond acceptors (Lipinski definition) is 5. The Morgan fingerprint density at radius 2 is 2.00 bits per heavy atom. The van der Waals surface area contributed by atoms with E-state index >= 15 is 0 Å². The Labute approximate surface area is 164 Å². The zero-order chi connectivity index (χ0) is 19.9. The molecule has 1 saturated heterocycles. The van der Waals surface area contributed by atoms with Crippen LogP contribution in [0.25, 0.3) is 11.1 Å². The van der Waals surface area contributed by atoms with Crippen LogP contribution in [0.2, 0.25) is 0 Å². The number of benzene rings is 2. The maximum atomic E-state index is 12.5. The molecule has 2 aromatic carbocycles. The highest BCUT2D eigenvalue weighted by Crippen LogP contribution is 2.45. The maximum Gasteiger partial charge on any atom is 0.270 e. The van der Waals surface area contributed by atoms with Crippen molar-refractivity contribution in [3.05, 3.63) is 41.5 Å². The molecule has 2 heterocycles. The van der Waals surface area contributed by atoms with Crippen LogP contribution in [0.5, 0.6) is 5.75 Å². The SMILES string of the molecule is Cc1ccc(N)cc1-c1cc2c(c(C3CCOCC3)c1)OC(C)(CO)C(=O)N2. The topological polar surface area (TPSA) is 93.8 Å². The molecule has 0 aromatic heterocycles. The Hall–Kier alpha value is -2.57. The summed E-state index contributed by atoms with van der Waals surface area (Å²) in [5.74, 6) is 0.567. The number of anilines is 2. The lowest BCUT2D eigenvalue weighted by Gasteiger charge is -2.36. The fraction of sp³-hybridized carbons (Fsp3) is 0.409. The molecule has 0 aliphatic carbocycles. The number of amides is 1. The summed E-state index contributed by atoms with van der Waals surface area (Å²) >= 11 is 0. The number of fused-ring (bicyclic) bond motifs is 1. The number of aryl methyl sites for hydroxylation is 1. The first kappa shape index (κ1) is 18.8. The van der Waals surface area contributed by atoms with Crippen molar-refractivity contribution < 1.29 is 19.4 Å². The smallest absolute Gasteiger partial charge is 0.270 e. The summed E-state index contributed by atoms with van der Waals surface area (Å²) in [4.78, 5) is 12.5. The highest BCUT2D eigenvalue weighted by molar-refractivity contribution is 6.01. The van der Waals surface area contributed by atoms with Gasteiger partial charge in [0, 0.05) is 24.5 Å². The van der Waals surface area contributed by atoms with Crippen LogP contribution in [-0.4, -0.2) is 36.4 Å². The van der Waals surface area contributed by atoms with E-state index < -0.39 is 5.60 Å². The average Bonchev–Trinajstić information content (AvgIpc) is 2.70. The molecule has 1 unspecified atom stereocenters. The second-order valence-electron chi connectivity index (χ2n) is 7.85. The number of aliphatic hydroxyl groups is 1. The van der Waals surface area contributed by atoms with Gasteiger partial charge in [-0.05, 0) is 73.6 Å². The summed E-state index contributed by atoms with van der Waals surface area (Å²) in [5, 5.41) is 12.7. The monoisotopic (exact) mass is 382 g/mol. The second kappa shape index (κ2) is 7.11. The molecule has 0 spiro atoms. The molecule has 6 nitrogen and oxygen atoms in total. The Morgan fingerprint density at radius 3 is 2.71 bits per heavy atom. The molecule has 4 rings (SSSR count). The van der Waals surface area contributed by atoms with E-state index in [1.54, 1.807) is 6.92 Å². The Kier molecular flexibility index (Phi) is 4.77. The molecule has 2 aromatic rings. The summed E-state index contributed by atoms with van der Waals surface area (Å²) in [6.45, 7) is 4.66. The average molecular weight is 382 g/mol. The summed E-state index contributed by atoms with van der Waals surface area (Å²) in [5.41, 5.74) is 10.2. The molecule has 1 amide bonds. The van der Waals surface area contributed by atoms with E-state index in [1.807, 2.05) is 31.2 Å². The van der Waals surface area contributed by atoms with Gasteiger partial charge in [-0.15, -0.1) is 0 Å². The third-order valence-electron chi connectivity index (χ3n) is 5.71. The van der Waals surface area contributed by atoms with Crippen molar-refractivity contribution in [1.29, 1.82) is 0 Å². The minimum absolute atomic E-state index is 0.266. The van der Waals surface area contributed by atoms with Gasteiger partial charge >= 0.3 is 0 Å². The normalized spacial score (nSPS) is 22.3. The van der Waals surface area contributed by atoms with E-state index in [0.717, 1.165) is 35.1 Å². The fourth-order valence-corrected chi connectivity index (χ4v) is 3.91. The summed E-state index contributed by atoms with van der Waals surface area (Å²) in [6, 6.07) is 9.89. The zero-order valence-electron chi connectivity index (χ0n) is 16.2. The molecule has 2 aliphatic rings. The fourth-order valence-electron chi connectivity index (χ4n) is 3.91. The van der Waals surface area contributed by atoms with E-state index in [4.69, 9.17) is 15.2 Å². The van der Waals surface area contributed by atoms with Gasteiger partial charge in [0.2, 0.25) is 5.60 Å². The Balaban J connectivity index is 1.88. The first-order valence-corrected chi connectivity index (χ1v) is 9.65. The number of hydrogen-bond donors (Lipinski definition) is 3. The molecular formula is C22H26N2O4. The van der Waals surface area contributed by atoms with Crippen LogP contribution < -0.4 is 15.8 Å². The molecule has 0 radical (unpaired) electrons. The van der Waals surface area contributed by atoms with Crippen LogP contribution in [0.3, 0.4) is 0 Å². The van der Waals surface area contributed by atoms with Crippen molar-refractivity contribution in [2.45, 2.75) is 38.2 Å². The molecule has 1 atom stereocenters. The molecule has 148 valence electrons. The van der Waals surface area contributed by atoms with Crippen molar-refractivity contribution in [3.63, 3.8) is 0 Å². The number of rotatable bonds is 3. The first-order valence-electron chi connectivity index (χ1n) is 9.65. The van der Waals surface area contributed by atoms with Gasteiger partial charge in [0.1, 0.15) is 5.75 Å². The zero-order valence-corrected chi connectivity index (χ0v) is 16.2. The van der Waals surface area contributed by atoms with Gasteiger partial charge < -0.3 is 25.6 Å². The van der Waals surface area contributed by atoms with Crippen molar-refractivity contribution in [1.82, 2.24) is 0 Å². The summed E-state index contributed by atoms with van der Waals surface area (Å²) in [6.07, 6.45) is 1.78. The van der Waals surface area contributed by atoms with Gasteiger partial charge in [0.05, 0.1) is 12.3 Å². The standard InChI is InChI=1S/C22H26N2O4/c1-13-3-4-16(23)11-17(13)15-9-18(14-5-7-27-8-6-14)20-19(10-15)24-21(26)22(2,12-25)28-20/h3-4,9-11,14,25H,5-8,12,23H2,1-2H3,(H,24,26). The van der Waals surface area contributed by atoms with Gasteiger partial charge in [0.25, 0.3) is 5.91 Å². The number of nitrogens with two attached hydrogens (primary N) is 1. The molecule has 1 fully saturated rings. The van der Waals surface area contributed by atoms with Gasteiger partial charge in [-0.3, -0.25) is 4.79 Å². The lowest BCUT2D eigenvalue weighted by atomic mass is 9.86. The highest BCUT2D eigenvalue weighted by atomic mass is 16.5. The van der Waals surface area contributed by atoms with Crippen LogP contribution in [0.4, 0.5) is 11.4 Å². The molecule has 0 saturated carbocycles. The van der Waals surface area contributed by atoms with Gasteiger partial charge in [-0.2, -0.15) is 0 Å². The van der Waals surface area contributed by atoms with E-state index in [2.05, 4.69) is 11.4 Å². The molecule has 4 N–H and O–H groups in total. The maximum absolute atomic E-state index is 12.5. The van der Waals surface area contributed by atoms with Crippen molar-refractivity contribution in [2.75, 3.05) is 30.9 Å². The van der Waals surface area contributed by atoms with Crippen LogP contribution in [0.1, 0.15) is 36.8 Å². The van der Waals surface area contributed by atoms with E-state index in [-0.39, 0.29) is 18.4 Å². The third kappa shape index (κ3) is 3.23. The Bertz CT molecular complexity index is 921. The van der Waals surface area contributed by atoms with Crippen molar-refractivity contribution in [2.24, 2.45) is 0 Å². The minimum Gasteiger partial charge on any atom is -0.473 e. The molecule has 28 heavy (non-hydrogen) atoms. The highest BCUT2D eigenvalue weighted by Gasteiger charge is 2.41. The molecular weight excluding hydrogens is 356 g/mol. The van der Waals surface area contributed by atoms with E-state index in [1.165, 1.54) is 0 Å². The van der Waals surface area contributed by atoms with Crippen LogP contribution >= 0.6 is 0 Å². The lowest BCUT2D eigenvalue weighted by Crippen LogP contribution is -2.51. The lowest BCUT2D eigenvalue weighted by molar-refractivity contribution is -0.134. The van der Waals surface area contributed by atoms with Gasteiger partial charge in [-0.25, -0.2) is 0 Å². The van der Waals surface area contributed by atoms with E-state index in [0.29, 0.717) is 30.3 Å².